The van der Waals surface area contributed by atoms with Crippen LogP contribution in [0.5, 0.6) is 0 Å². The minimum Gasteiger partial charge on any atom is -0.465 e. The average molecular weight is 265 g/mol. The summed E-state index contributed by atoms with van der Waals surface area (Å²) < 4.78 is 4.65. The molecule has 2 aromatic rings. The van der Waals surface area contributed by atoms with E-state index in [1.165, 1.54) is 18.4 Å². The maximum atomic E-state index is 11.3. The number of rotatable bonds is 3. The zero-order chi connectivity index (χ0) is 12.3. The van der Waals surface area contributed by atoms with Gasteiger partial charge >= 0.3 is 5.97 Å². The van der Waals surface area contributed by atoms with Crippen molar-refractivity contribution in [1.82, 2.24) is 0 Å². The first-order valence-electron chi connectivity index (χ1n) is 4.90. The van der Waals surface area contributed by atoms with E-state index in [-0.39, 0.29) is 5.97 Å². The highest BCUT2D eigenvalue weighted by atomic mass is 32.1. The van der Waals surface area contributed by atoms with Crippen molar-refractivity contribution in [3.8, 4) is 0 Å². The van der Waals surface area contributed by atoms with Crippen LogP contribution in [-0.2, 0) is 4.74 Å². The number of nitrogen functional groups attached to an aromatic ring is 1. The summed E-state index contributed by atoms with van der Waals surface area (Å²) in [6.07, 6.45) is 3.90. The van der Waals surface area contributed by atoms with E-state index in [1.54, 1.807) is 17.4 Å². The fourth-order valence-electron chi connectivity index (χ4n) is 1.29. The van der Waals surface area contributed by atoms with Crippen LogP contribution in [0.3, 0.4) is 0 Å². The normalized spacial score (nSPS) is 10.9. The Hall–Kier alpha value is -1.59. The summed E-state index contributed by atoms with van der Waals surface area (Å²) in [6.45, 7) is 0. The van der Waals surface area contributed by atoms with E-state index in [1.807, 2.05) is 29.7 Å². The number of hydrogen-bond acceptors (Lipinski definition) is 5. The van der Waals surface area contributed by atoms with Gasteiger partial charge < -0.3 is 10.5 Å². The zero-order valence-electron chi connectivity index (χ0n) is 9.17. The third kappa shape index (κ3) is 2.75. The number of thiophene rings is 2. The van der Waals surface area contributed by atoms with Gasteiger partial charge in [-0.2, -0.15) is 0 Å². The maximum Gasteiger partial charge on any atom is 0.348 e. The molecule has 2 N–H and O–H groups in total. The minimum atomic E-state index is -0.350. The van der Waals surface area contributed by atoms with Gasteiger partial charge in [-0.3, -0.25) is 0 Å². The summed E-state index contributed by atoms with van der Waals surface area (Å²) in [5.41, 5.74) is 6.43. The van der Waals surface area contributed by atoms with Gasteiger partial charge in [-0.25, -0.2) is 4.79 Å². The second kappa shape index (κ2) is 5.16. The Kier molecular flexibility index (Phi) is 3.61. The van der Waals surface area contributed by atoms with Crippen molar-refractivity contribution in [2.24, 2.45) is 0 Å². The number of esters is 1. The van der Waals surface area contributed by atoms with Gasteiger partial charge in [0.25, 0.3) is 0 Å². The summed E-state index contributed by atoms with van der Waals surface area (Å²) >= 11 is 2.98. The van der Waals surface area contributed by atoms with E-state index in [0.29, 0.717) is 10.6 Å². The lowest BCUT2D eigenvalue weighted by molar-refractivity contribution is 0.0606. The van der Waals surface area contributed by atoms with Crippen molar-refractivity contribution in [3.63, 3.8) is 0 Å². The lowest BCUT2D eigenvalue weighted by Crippen LogP contribution is -1.97. The molecule has 0 unspecified atom stereocenters. The molecule has 0 aromatic carbocycles. The lowest BCUT2D eigenvalue weighted by atomic mass is 10.3. The summed E-state index contributed by atoms with van der Waals surface area (Å²) in [5, 5.41) is 2.01. The van der Waals surface area contributed by atoms with E-state index >= 15 is 0 Å². The molecule has 88 valence electrons. The van der Waals surface area contributed by atoms with Crippen LogP contribution < -0.4 is 5.73 Å². The first-order chi connectivity index (χ1) is 8.20. The number of methoxy groups -OCH3 is 1. The van der Waals surface area contributed by atoms with Gasteiger partial charge in [0.15, 0.2) is 0 Å². The topological polar surface area (TPSA) is 52.3 Å². The number of anilines is 1. The van der Waals surface area contributed by atoms with Crippen LogP contribution in [0.15, 0.2) is 23.6 Å². The molecule has 2 aromatic heterocycles. The molecular formula is C12H11NO2S2. The Morgan fingerprint density at radius 1 is 1.47 bits per heavy atom. The molecule has 0 saturated carbocycles. The number of carbonyl (C=O) groups is 1. The zero-order valence-corrected chi connectivity index (χ0v) is 10.8. The summed E-state index contributed by atoms with van der Waals surface area (Å²) in [7, 11) is 1.36. The Balaban J connectivity index is 2.22. The molecule has 0 fully saturated rings. The van der Waals surface area contributed by atoms with Crippen LogP contribution in [-0.4, -0.2) is 13.1 Å². The summed E-state index contributed by atoms with van der Waals surface area (Å²) in [4.78, 5) is 13.9. The number of carbonyl (C=O) groups excluding carboxylic acids is 1. The van der Waals surface area contributed by atoms with Gasteiger partial charge in [0.1, 0.15) is 4.88 Å². The van der Waals surface area contributed by atoms with Gasteiger partial charge in [-0.1, -0.05) is 6.07 Å². The first-order valence-corrected chi connectivity index (χ1v) is 6.59. The molecule has 5 heteroatoms. The van der Waals surface area contributed by atoms with Gasteiger partial charge in [0, 0.05) is 4.88 Å². The van der Waals surface area contributed by atoms with E-state index < -0.39 is 0 Å². The SMILES string of the molecule is COC(=O)c1cc(N)c(/C=C\c2cccs2)s1. The number of nitrogens with two attached hydrogens (primary N) is 1. The van der Waals surface area contributed by atoms with Crippen LogP contribution >= 0.6 is 22.7 Å². The molecule has 2 rings (SSSR count). The largest absolute Gasteiger partial charge is 0.465 e. The quantitative estimate of drug-likeness (QED) is 0.866. The second-order valence-corrected chi connectivity index (χ2v) is 5.33. The Bertz CT molecular complexity index is 541. The van der Waals surface area contributed by atoms with Gasteiger partial charge in [0.05, 0.1) is 17.7 Å². The molecule has 0 radical (unpaired) electrons. The lowest BCUT2D eigenvalue weighted by Gasteiger charge is -1.91. The van der Waals surface area contributed by atoms with Crippen molar-refractivity contribution in [2.45, 2.75) is 0 Å². The van der Waals surface area contributed by atoms with Gasteiger partial charge in [-0.15, -0.1) is 22.7 Å². The van der Waals surface area contributed by atoms with E-state index in [2.05, 4.69) is 4.74 Å². The molecule has 0 aliphatic heterocycles. The monoisotopic (exact) mass is 265 g/mol. The first kappa shape index (κ1) is 11.9. The minimum absolute atomic E-state index is 0.350. The third-order valence-corrected chi connectivity index (χ3v) is 4.05. The average Bonchev–Trinajstić information content (AvgIpc) is 2.95. The molecule has 0 aliphatic rings. The van der Waals surface area contributed by atoms with Crippen molar-refractivity contribution in [2.75, 3.05) is 12.8 Å². The van der Waals surface area contributed by atoms with E-state index in [0.717, 1.165) is 9.75 Å². The van der Waals surface area contributed by atoms with Crippen molar-refractivity contribution in [1.29, 1.82) is 0 Å². The predicted molar refractivity (Wildman–Crippen MR) is 73.3 cm³/mol. The van der Waals surface area contributed by atoms with Crippen molar-refractivity contribution >= 4 is 46.5 Å². The molecule has 0 atom stereocenters. The Morgan fingerprint density at radius 3 is 2.94 bits per heavy atom. The highest BCUT2D eigenvalue weighted by Crippen LogP contribution is 2.27. The number of ether oxygens (including phenoxy) is 1. The molecular weight excluding hydrogens is 254 g/mol. The van der Waals surface area contributed by atoms with Crippen molar-refractivity contribution < 1.29 is 9.53 Å². The fraction of sp³-hybridized carbons (Fsp3) is 0.0833. The van der Waals surface area contributed by atoms with E-state index in [9.17, 15) is 4.79 Å². The molecule has 17 heavy (non-hydrogen) atoms. The molecule has 0 bridgehead atoms. The second-order valence-electron chi connectivity index (χ2n) is 3.27. The third-order valence-electron chi connectivity index (χ3n) is 2.12. The van der Waals surface area contributed by atoms with E-state index in [4.69, 9.17) is 5.73 Å². The summed E-state index contributed by atoms with van der Waals surface area (Å²) in [6, 6.07) is 5.65. The smallest absolute Gasteiger partial charge is 0.348 e. The van der Waals surface area contributed by atoms with Gasteiger partial charge in [-0.05, 0) is 29.7 Å². The fourth-order valence-corrected chi connectivity index (χ4v) is 2.81. The Labute approximate surface area is 107 Å². The molecule has 0 amide bonds. The highest BCUT2D eigenvalue weighted by molar-refractivity contribution is 7.15. The maximum absolute atomic E-state index is 11.3. The van der Waals surface area contributed by atoms with Crippen LogP contribution in [0, 0.1) is 0 Å². The molecule has 3 nitrogen and oxygen atoms in total. The molecule has 0 saturated heterocycles. The van der Waals surface area contributed by atoms with Gasteiger partial charge in [0.2, 0.25) is 0 Å². The Morgan fingerprint density at radius 2 is 2.29 bits per heavy atom. The standard InChI is InChI=1S/C12H11NO2S2/c1-15-12(14)11-7-9(13)10(17-11)5-4-8-3-2-6-16-8/h2-7H,13H2,1H3/b5-4-. The van der Waals surface area contributed by atoms with Crippen LogP contribution in [0.2, 0.25) is 0 Å². The highest BCUT2D eigenvalue weighted by Gasteiger charge is 2.11. The predicted octanol–water partition coefficient (Wildman–Crippen LogP) is 3.35. The van der Waals surface area contributed by atoms with Crippen molar-refractivity contribution in [3.05, 3.63) is 38.2 Å². The van der Waals surface area contributed by atoms with Crippen LogP contribution in [0.4, 0.5) is 5.69 Å². The van der Waals surface area contributed by atoms with Crippen LogP contribution in [0.1, 0.15) is 19.4 Å². The molecule has 2 heterocycles. The summed E-state index contributed by atoms with van der Waals surface area (Å²) in [5.74, 6) is -0.350. The van der Waals surface area contributed by atoms with Crippen LogP contribution in [0.25, 0.3) is 12.2 Å². The number of hydrogen-bond donors (Lipinski definition) is 1. The molecule has 0 aliphatic carbocycles. The molecule has 0 spiro atoms.